The van der Waals surface area contributed by atoms with Crippen LogP contribution < -0.4 is 21.5 Å². The third-order valence-corrected chi connectivity index (χ3v) is 4.70. The van der Waals surface area contributed by atoms with Crippen LogP contribution in [-0.2, 0) is 0 Å². The molecule has 0 unspecified atom stereocenters. The topological polar surface area (TPSA) is 157 Å². The second-order valence-corrected chi connectivity index (χ2v) is 7.08. The van der Waals surface area contributed by atoms with Crippen molar-refractivity contribution in [3.63, 3.8) is 0 Å². The van der Waals surface area contributed by atoms with E-state index in [0.29, 0.717) is 11.5 Å². The standard InChI is InChI=1S/C22H19F2N7O3/c1-10-6-11-18(24)15(7-12(23)19(11)30-10)34-22-17(21(32)27-2)20(28-9-29-22)31-16(26)8-13(25)14-4-3-5-33-14/h3-9,30H,25H2,1-2H3,(H,27,32)(H2,26,28,29,31)/b13-8-. The van der Waals surface area contributed by atoms with Gasteiger partial charge in [0.25, 0.3) is 5.91 Å². The lowest BCUT2D eigenvalue weighted by atomic mass is 10.2. The van der Waals surface area contributed by atoms with E-state index < -0.39 is 23.3 Å². The van der Waals surface area contributed by atoms with Gasteiger partial charge in [0.1, 0.15) is 23.5 Å². The number of ether oxygens (including phenoxy) is 1. The number of fused-ring (bicyclic) bond motifs is 1. The summed E-state index contributed by atoms with van der Waals surface area (Å²) in [6, 6.07) is 5.57. The number of nitrogens with two attached hydrogens (primary N) is 2. The normalized spacial score (nSPS) is 12.2. The van der Waals surface area contributed by atoms with Gasteiger partial charge in [0.2, 0.25) is 5.88 Å². The molecule has 0 aliphatic carbocycles. The second-order valence-electron chi connectivity index (χ2n) is 7.08. The maximum atomic E-state index is 15.0. The highest BCUT2D eigenvalue weighted by atomic mass is 19.1. The van der Waals surface area contributed by atoms with Crippen LogP contribution in [0, 0.1) is 18.6 Å². The number of furan rings is 1. The summed E-state index contributed by atoms with van der Waals surface area (Å²) in [5, 5.41) is 2.40. The van der Waals surface area contributed by atoms with Crippen molar-refractivity contribution >= 4 is 34.2 Å². The third-order valence-electron chi connectivity index (χ3n) is 4.70. The van der Waals surface area contributed by atoms with E-state index in [1.807, 2.05) is 0 Å². The van der Waals surface area contributed by atoms with E-state index in [-0.39, 0.29) is 39.7 Å². The number of nitrogens with one attached hydrogen (secondary N) is 2. The minimum absolute atomic E-state index is 0.00411. The number of hydrogen-bond donors (Lipinski definition) is 4. The van der Waals surface area contributed by atoms with Crippen LogP contribution in [0.1, 0.15) is 21.8 Å². The molecule has 10 nitrogen and oxygen atoms in total. The Balaban J connectivity index is 1.77. The van der Waals surface area contributed by atoms with Gasteiger partial charge in [0.05, 0.1) is 17.5 Å². The number of aromatic amines is 1. The number of aliphatic imine (C=N–C) groups is 1. The van der Waals surface area contributed by atoms with Crippen LogP contribution in [0.2, 0.25) is 0 Å². The Hall–Kier alpha value is -4.74. The summed E-state index contributed by atoms with van der Waals surface area (Å²) < 4.78 is 40.2. The highest BCUT2D eigenvalue weighted by Crippen LogP contribution is 2.34. The van der Waals surface area contributed by atoms with E-state index in [1.54, 1.807) is 19.1 Å². The van der Waals surface area contributed by atoms with Crippen molar-refractivity contribution in [2.75, 3.05) is 7.05 Å². The molecule has 0 saturated heterocycles. The Bertz CT molecular complexity index is 1440. The molecule has 1 amide bonds. The number of carbonyl (C=O) groups is 1. The van der Waals surface area contributed by atoms with Crippen LogP contribution in [0.25, 0.3) is 16.6 Å². The molecule has 0 radical (unpaired) electrons. The Morgan fingerprint density at radius 2 is 2.09 bits per heavy atom. The van der Waals surface area contributed by atoms with E-state index in [0.717, 1.165) is 12.4 Å². The lowest BCUT2D eigenvalue weighted by Gasteiger charge is -2.12. The molecule has 0 fully saturated rings. The number of amidine groups is 1. The summed E-state index contributed by atoms with van der Waals surface area (Å²) in [7, 11) is 1.36. The molecule has 174 valence electrons. The zero-order chi connectivity index (χ0) is 24.4. The van der Waals surface area contributed by atoms with Gasteiger partial charge in [-0.3, -0.25) is 4.79 Å². The molecular weight excluding hydrogens is 448 g/mol. The fourth-order valence-corrected chi connectivity index (χ4v) is 3.19. The summed E-state index contributed by atoms with van der Waals surface area (Å²) >= 11 is 0. The first-order valence-electron chi connectivity index (χ1n) is 9.86. The number of rotatable bonds is 6. The van der Waals surface area contributed by atoms with Gasteiger partial charge in [0, 0.05) is 30.3 Å². The highest BCUT2D eigenvalue weighted by Gasteiger charge is 2.23. The molecule has 4 rings (SSSR count). The SMILES string of the molecule is CNC(=O)c1c(N=C(N)/C=C(\N)c2ccco2)ncnc1Oc1cc(F)c2[nH]c(C)cc2c1F. The number of carbonyl (C=O) groups excluding carboxylic acids is 1. The number of H-pyrrole nitrogens is 1. The van der Waals surface area contributed by atoms with Crippen molar-refractivity contribution in [2.45, 2.75) is 6.92 Å². The van der Waals surface area contributed by atoms with E-state index in [2.05, 4.69) is 25.3 Å². The molecule has 6 N–H and O–H groups in total. The quantitative estimate of drug-likeness (QED) is 0.250. The van der Waals surface area contributed by atoms with Crippen LogP contribution in [0.3, 0.4) is 0 Å². The summed E-state index contributed by atoms with van der Waals surface area (Å²) in [5.74, 6) is -3.01. The minimum Gasteiger partial charge on any atom is -0.463 e. The highest BCUT2D eigenvalue weighted by molar-refractivity contribution is 6.03. The smallest absolute Gasteiger partial charge is 0.260 e. The lowest BCUT2D eigenvalue weighted by molar-refractivity contribution is 0.0960. The van der Waals surface area contributed by atoms with Crippen molar-refractivity contribution in [2.24, 2.45) is 16.5 Å². The molecule has 1 aromatic carbocycles. The molecule has 0 atom stereocenters. The van der Waals surface area contributed by atoms with Crippen molar-refractivity contribution in [1.29, 1.82) is 0 Å². The molecule has 34 heavy (non-hydrogen) atoms. The Kier molecular flexibility index (Phi) is 5.95. The first-order chi connectivity index (χ1) is 16.3. The summed E-state index contributed by atoms with van der Waals surface area (Å²) in [5.41, 5.74) is 12.4. The lowest BCUT2D eigenvalue weighted by Crippen LogP contribution is -2.20. The van der Waals surface area contributed by atoms with Crippen molar-refractivity contribution in [3.05, 3.63) is 71.6 Å². The molecule has 0 bridgehead atoms. The predicted octanol–water partition coefficient (Wildman–Crippen LogP) is 3.28. The van der Waals surface area contributed by atoms with E-state index in [4.69, 9.17) is 20.6 Å². The predicted molar refractivity (Wildman–Crippen MR) is 121 cm³/mol. The van der Waals surface area contributed by atoms with Gasteiger partial charge in [-0.15, -0.1) is 0 Å². The molecule has 12 heteroatoms. The number of amides is 1. The molecule has 0 saturated carbocycles. The average molecular weight is 467 g/mol. The Morgan fingerprint density at radius 3 is 2.79 bits per heavy atom. The largest absolute Gasteiger partial charge is 0.463 e. The second kappa shape index (κ2) is 9.02. The first-order valence-corrected chi connectivity index (χ1v) is 9.86. The van der Waals surface area contributed by atoms with Gasteiger partial charge in [-0.05, 0) is 25.1 Å². The van der Waals surface area contributed by atoms with E-state index >= 15 is 4.39 Å². The van der Waals surface area contributed by atoms with Gasteiger partial charge in [-0.25, -0.2) is 23.7 Å². The molecule has 3 heterocycles. The van der Waals surface area contributed by atoms with Gasteiger partial charge >= 0.3 is 0 Å². The van der Waals surface area contributed by atoms with Crippen LogP contribution >= 0.6 is 0 Å². The van der Waals surface area contributed by atoms with Crippen molar-refractivity contribution in [3.8, 4) is 11.6 Å². The van der Waals surface area contributed by atoms with Crippen LogP contribution in [-0.4, -0.2) is 33.7 Å². The summed E-state index contributed by atoms with van der Waals surface area (Å²) in [6.45, 7) is 1.66. The van der Waals surface area contributed by atoms with Gasteiger partial charge < -0.3 is 30.9 Å². The number of nitrogens with zero attached hydrogens (tertiary/aromatic N) is 3. The third kappa shape index (κ3) is 4.28. The number of aromatic nitrogens is 3. The molecular formula is C22H19F2N7O3. The minimum atomic E-state index is -0.832. The summed E-state index contributed by atoms with van der Waals surface area (Å²) in [4.78, 5) is 27.3. The number of aryl methyl sites for hydroxylation is 1. The number of halogens is 2. The monoisotopic (exact) mass is 467 g/mol. The molecule has 0 aliphatic rings. The number of hydrogen-bond acceptors (Lipinski definition) is 7. The maximum Gasteiger partial charge on any atom is 0.260 e. The van der Waals surface area contributed by atoms with Crippen LogP contribution in [0.5, 0.6) is 11.6 Å². The Labute approximate surface area is 191 Å². The van der Waals surface area contributed by atoms with Crippen molar-refractivity contribution in [1.82, 2.24) is 20.3 Å². The van der Waals surface area contributed by atoms with Gasteiger partial charge in [0.15, 0.2) is 23.2 Å². The van der Waals surface area contributed by atoms with Crippen LogP contribution in [0.15, 0.2) is 52.3 Å². The van der Waals surface area contributed by atoms with E-state index in [9.17, 15) is 9.18 Å². The average Bonchev–Trinajstić information content (AvgIpc) is 3.47. The zero-order valence-electron chi connectivity index (χ0n) is 18.0. The number of benzene rings is 1. The molecule has 0 aliphatic heterocycles. The first kappa shape index (κ1) is 22.5. The van der Waals surface area contributed by atoms with Crippen molar-refractivity contribution < 1.29 is 22.7 Å². The van der Waals surface area contributed by atoms with Gasteiger partial charge in [-0.1, -0.05) is 0 Å². The Morgan fingerprint density at radius 1 is 1.29 bits per heavy atom. The van der Waals surface area contributed by atoms with E-state index in [1.165, 1.54) is 25.5 Å². The zero-order valence-corrected chi connectivity index (χ0v) is 18.0. The molecule has 3 aromatic heterocycles. The summed E-state index contributed by atoms with van der Waals surface area (Å²) in [6.07, 6.45) is 3.79. The van der Waals surface area contributed by atoms with Gasteiger partial charge in [-0.2, -0.15) is 0 Å². The van der Waals surface area contributed by atoms with Crippen LogP contribution in [0.4, 0.5) is 14.6 Å². The fourth-order valence-electron chi connectivity index (χ4n) is 3.19. The molecule has 4 aromatic rings. The fraction of sp³-hybridized carbons (Fsp3) is 0.0909. The molecule has 0 spiro atoms. The maximum absolute atomic E-state index is 15.0.